The lowest BCUT2D eigenvalue weighted by atomic mass is 10.0. The molecule has 0 aromatic heterocycles. The van der Waals surface area contributed by atoms with Gasteiger partial charge in [0.25, 0.3) is 10.0 Å². The number of carbonyl (C=O) groups is 2. The summed E-state index contributed by atoms with van der Waals surface area (Å²) in [6.07, 6.45) is 0.252. The number of halogens is 1. The van der Waals surface area contributed by atoms with Crippen molar-refractivity contribution in [2.75, 3.05) is 10.8 Å². The second kappa shape index (κ2) is 14.8. The molecule has 0 heterocycles. The SMILES string of the molecule is Cc1ccc(S(=O)(=O)N(CC(=O)N(Cc2cccc(C)c2)[C@H](Cc2ccccc2)C(=O)NC(C)C)c2ccc(Cl)cc2C)cc1. The molecule has 0 unspecified atom stereocenters. The number of carbonyl (C=O) groups excluding carboxylic acids is 2. The first kappa shape index (κ1) is 33.7. The topological polar surface area (TPSA) is 86.8 Å². The van der Waals surface area contributed by atoms with Gasteiger partial charge in [-0.2, -0.15) is 0 Å². The minimum Gasteiger partial charge on any atom is -0.352 e. The highest BCUT2D eigenvalue weighted by Gasteiger charge is 2.35. The highest BCUT2D eigenvalue weighted by molar-refractivity contribution is 7.92. The van der Waals surface area contributed by atoms with Gasteiger partial charge in [-0.05, 0) is 81.6 Å². The number of anilines is 1. The van der Waals surface area contributed by atoms with Crippen LogP contribution in [-0.2, 0) is 32.6 Å². The second-order valence-corrected chi connectivity index (χ2v) is 13.9. The maximum Gasteiger partial charge on any atom is 0.264 e. The number of rotatable bonds is 12. The molecule has 0 saturated carbocycles. The van der Waals surface area contributed by atoms with Crippen molar-refractivity contribution in [1.29, 1.82) is 0 Å². The molecular weight excluding hydrogens is 606 g/mol. The summed E-state index contributed by atoms with van der Waals surface area (Å²) in [5.74, 6) is -0.827. The molecule has 0 radical (unpaired) electrons. The van der Waals surface area contributed by atoms with Crippen LogP contribution in [0, 0.1) is 20.8 Å². The maximum absolute atomic E-state index is 14.6. The van der Waals surface area contributed by atoms with E-state index in [1.807, 2.05) is 82.3 Å². The Morgan fingerprint density at radius 1 is 0.800 bits per heavy atom. The summed E-state index contributed by atoms with van der Waals surface area (Å²) in [6.45, 7) is 8.91. The van der Waals surface area contributed by atoms with Crippen molar-refractivity contribution in [2.45, 2.75) is 64.6 Å². The molecule has 7 nitrogen and oxygen atoms in total. The first-order chi connectivity index (χ1) is 21.3. The van der Waals surface area contributed by atoms with Gasteiger partial charge in [-0.25, -0.2) is 8.42 Å². The molecule has 2 amide bonds. The minimum atomic E-state index is -4.20. The molecule has 9 heteroatoms. The van der Waals surface area contributed by atoms with Crippen LogP contribution in [-0.4, -0.2) is 43.8 Å². The van der Waals surface area contributed by atoms with Crippen LogP contribution in [0.1, 0.15) is 41.7 Å². The summed E-state index contributed by atoms with van der Waals surface area (Å²) in [5, 5.41) is 3.43. The van der Waals surface area contributed by atoms with Crippen molar-refractivity contribution < 1.29 is 18.0 Å². The number of hydrogen-bond donors (Lipinski definition) is 1. The fourth-order valence-electron chi connectivity index (χ4n) is 5.19. The Bertz CT molecular complexity index is 1740. The lowest BCUT2D eigenvalue weighted by Gasteiger charge is -2.34. The quantitative estimate of drug-likeness (QED) is 0.188. The molecule has 45 heavy (non-hydrogen) atoms. The number of amides is 2. The van der Waals surface area contributed by atoms with Crippen molar-refractivity contribution in [3.05, 3.63) is 130 Å². The average Bonchev–Trinajstić information content (AvgIpc) is 2.98. The van der Waals surface area contributed by atoms with Gasteiger partial charge in [0.2, 0.25) is 11.8 Å². The van der Waals surface area contributed by atoms with Gasteiger partial charge < -0.3 is 10.2 Å². The summed E-state index contributed by atoms with van der Waals surface area (Å²) >= 11 is 6.24. The molecule has 1 atom stereocenters. The third-order valence-corrected chi connectivity index (χ3v) is 9.46. The fraction of sp³-hybridized carbons (Fsp3) is 0.278. The van der Waals surface area contributed by atoms with E-state index in [9.17, 15) is 18.0 Å². The number of nitrogens with zero attached hydrogens (tertiary/aromatic N) is 2. The van der Waals surface area contributed by atoms with Crippen molar-refractivity contribution in [2.24, 2.45) is 0 Å². The van der Waals surface area contributed by atoms with Gasteiger partial charge in [-0.1, -0.05) is 89.5 Å². The van der Waals surface area contributed by atoms with Crippen molar-refractivity contribution in [3.8, 4) is 0 Å². The van der Waals surface area contributed by atoms with Crippen LogP contribution in [0.2, 0.25) is 5.02 Å². The smallest absolute Gasteiger partial charge is 0.264 e. The largest absolute Gasteiger partial charge is 0.352 e. The zero-order valence-electron chi connectivity index (χ0n) is 26.3. The van der Waals surface area contributed by atoms with E-state index in [-0.39, 0.29) is 29.8 Å². The van der Waals surface area contributed by atoms with E-state index in [2.05, 4.69) is 5.32 Å². The monoisotopic (exact) mass is 645 g/mol. The molecule has 0 aliphatic heterocycles. The number of sulfonamides is 1. The Morgan fingerprint density at radius 2 is 1.47 bits per heavy atom. The summed E-state index contributed by atoms with van der Waals surface area (Å²) in [4.78, 5) is 29.9. The standard InChI is InChI=1S/C36H40ClN3O4S/c1-25(2)38-36(42)34(22-29-11-7-6-8-12-29)39(23-30-13-9-10-27(4)20-30)35(41)24-40(33-19-16-31(37)21-28(33)5)45(43,44)32-17-14-26(3)15-18-32/h6-21,25,34H,22-24H2,1-5H3,(H,38,42)/t34-/m1/s1. The van der Waals surface area contributed by atoms with Crippen LogP contribution in [0.15, 0.2) is 102 Å². The van der Waals surface area contributed by atoms with E-state index in [0.717, 1.165) is 26.6 Å². The van der Waals surface area contributed by atoms with Crippen molar-refractivity contribution in [1.82, 2.24) is 10.2 Å². The van der Waals surface area contributed by atoms with Gasteiger partial charge in [0.15, 0.2) is 0 Å². The fourth-order valence-corrected chi connectivity index (χ4v) is 6.90. The van der Waals surface area contributed by atoms with Gasteiger partial charge in [-0.3, -0.25) is 13.9 Å². The molecule has 0 bridgehead atoms. The third-order valence-electron chi connectivity index (χ3n) is 7.45. The van der Waals surface area contributed by atoms with Crippen molar-refractivity contribution >= 4 is 39.1 Å². The predicted molar refractivity (Wildman–Crippen MR) is 181 cm³/mol. The maximum atomic E-state index is 14.6. The van der Waals surface area contributed by atoms with Crippen LogP contribution >= 0.6 is 11.6 Å². The summed E-state index contributed by atoms with van der Waals surface area (Å²) < 4.78 is 29.6. The first-order valence-electron chi connectivity index (χ1n) is 14.9. The predicted octanol–water partition coefficient (Wildman–Crippen LogP) is 6.63. The number of benzene rings is 4. The molecule has 1 N–H and O–H groups in total. The Kier molecular flexibility index (Phi) is 11.1. The number of aryl methyl sites for hydroxylation is 3. The van der Waals surface area contributed by atoms with Crippen LogP contribution in [0.3, 0.4) is 0 Å². The highest BCUT2D eigenvalue weighted by Crippen LogP contribution is 2.30. The molecule has 0 saturated heterocycles. The van der Waals surface area contributed by atoms with Gasteiger partial charge in [0.1, 0.15) is 12.6 Å². The average molecular weight is 646 g/mol. The molecule has 0 aliphatic carbocycles. The lowest BCUT2D eigenvalue weighted by Crippen LogP contribution is -2.54. The Labute approximate surface area is 271 Å². The van der Waals surface area contributed by atoms with Crippen LogP contribution in [0.5, 0.6) is 0 Å². The van der Waals surface area contributed by atoms with Gasteiger partial charge in [0, 0.05) is 24.0 Å². The second-order valence-electron chi connectivity index (χ2n) is 11.6. The molecule has 4 rings (SSSR count). The van der Waals surface area contributed by atoms with Gasteiger partial charge in [-0.15, -0.1) is 0 Å². The molecular formula is C36H40ClN3O4S. The summed E-state index contributed by atoms with van der Waals surface area (Å²) in [5.41, 5.74) is 4.54. The van der Waals surface area contributed by atoms with Crippen LogP contribution < -0.4 is 9.62 Å². The first-order valence-corrected chi connectivity index (χ1v) is 16.7. The molecule has 236 valence electrons. The molecule has 4 aromatic rings. The van der Waals surface area contributed by atoms with E-state index in [0.29, 0.717) is 16.3 Å². The van der Waals surface area contributed by atoms with Crippen molar-refractivity contribution in [3.63, 3.8) is 0 Å². The van der Waals surface area contributed by atoms with Gasteiger partial charge >= 0.3 is 0 Å². The minimum absolute atomic E-state index is 0.0545. The molecule has 0 spiro atoms. The number of hydrogen-bond acceptors (Lipinski definition) is 4. The molecule has 0 aliphatic rings. The zero-order chi connectivity index (χ0) is 32.7. The third kappa shape index (κ3) is 8.74. The van der Waals surface area contributed by atoms with E-state index in [1.54, 1.807) is 37.3 Å². The summed E-state index contributed by atoms with van der Waals surface area (Å²) in [6, 6.07) is 27.5. The van der Waals surface area contributed by atoms with Gasteiger partial charge in [0.05, 0.1) is 10.6 Å². The van der Waals surface area contributed by atoms with Crippen LogP contribution in [0.25, 0.3) is 0 Å². The molecule has 0 fully saturated rings. The van der Waals surface area contributed by atoms with E-state index < -0.39 is 28.5 Å². The number of nitrogens with one attached hydrogen (secondary N) is 1. The van der Waals surface area contributed by atoms with Crippen LogP contribution in [0.4, 0.5) is 5.69 Å². The zero-order valence-corrected chi connectivity index (χ0v) is 27.9. The van der Waals surface area contributed by atoms with E-state index in [4.69, 9.17) is 11.6 Å². The normalized spacial score (nSPS) is 12.1. The Hall–Kier alpha value is -4.14. The highest BCUT2D eigenvalue weighted by atomic mass is 35.5. The lowest BCUT2D eigenvalue weighted by molar-refractivity contribution is -0.140. The Balaban J connectivity index is 1.83. The van der Waals surface area contributed by atoms with E-state index in [1.165, 1.54) is 17.0 Å². The Morgan fingerprint density at radius 3 is 2.09 bits per heavy atom. The molecule has 4 aromatic carbocycles. The summed E-state index contributed by atoms with van der Waals surface area (Å²) in [7, 11) is -4.20. The van der Waals surface area contributed by atoms with E-state index >= 15 is 0 Å².